The molecule has 1 aromatic rings. The van der Waals surface area contributed by atoms with Crippen LogP contribution in [0.3, 0.4) is 0 Å². The molecule has 2 rings (SSSR count). The number of hydrogen-bond acceptors (Lipinski definition) is 2. The molecule has 0 unspecified atom stereocenters. The van der Waals surface area contributed by atoms with Crippen molar-refractivity contribution >= 4 is 17.5 Å². The third-order valence-corrected chi connectivity index (χ3v) is 2.27. The molecule has 0 bridgehead atoms. The van der Waals surface area contributed by atoms with E-state index >= 15 is 0 Å². The minimum Gasteiger partial charge on any atom is -0.475 e. The molecule has 0 atom stereocenters. The van der Waals surface area contributed by atoms with Gasteiger partial charge in [0.15, 0.2) is 0 Å². The van der Waals surface area contributed by atoms with Crippen molar-refractivity contribution < 1.29 is 4.74 Å². The molecule has 0 spiro atoms. The summed E-state index contributed by atoms with van der Waals surface area (Å²) in [6.07, 6.45) is 0. The number of ether oxygens (including phenoxy) is 1. The summed E-state index contributed by atoms with van der Waals surface area (Å²) in [6.45, 7) is 4.73. The van der Waals surface area contributed by atoms with Gasteiger partial charge in [-0.1, -0.05) is 17.7 Å². The van der Waals surface area contributed by atoms with Crippen LogP contribution in [0.25, 0.3) is 0 Å². The highest BCUT2D eigenvalue weighted by molar-refractivity contribution is 6.30. The number of nitrogens with zero attached hydrogens (tertiary/aromatic N) is 1. The van der Waals surface area contributed by atoms with Gasteiger partial charge in [-0.3, -0.25) is 0 Å². The van der Waals surface area contributed by atoms with Crippen molar-refractivity contribution in [2.24, 2.45) is 4.99 Å². The van der Waals surface area contributed by atoms with Crippen LogP contribution < -0.4 is 0 Å². The lowest BCUT2D eigenvalue weighted by Crippen LogP contribution is -2.17. The van der Waals surface area contributed by atoms with Crippen molar-refractivity contribution in [3.63, 3.8) is 0 Å². The zero-order valence-corrected chi connectivity index (χ0v) is 9.01. The summed E-state index contributed by atoms with van der Waals surface area (Å²) in [4.78, 5) is 4.47. The SMILES string of the molecule is CC1(C)COC(c2cccc(Cl)c2)=N1. The normalized spacial score (nSPS) is 18.9. The van der Waals surface area contributed by atoms with E-state index in [1.54, 1.807) is 0 Å². The second-order valence-electron chi connectivity index (χ2n) is 4.03. The third kappa shape index (κ3) is 1.90. The maximum absolute atomic E-state index is 5.88. The summed E-state index contributed by atoms with van der Waals surface area (Å²) in [5.74, 6) is 0.692. The third-order valence-electron chi connectivity index (χ3n) is 2.04. The molecule has 0 fully saturated rings. The lowest BCUT2D eigenvalue weighted by atomic mass is 10.1. The van der Waals surface area contributed by atoms with Gasteiger partial charge in [-0.2, -0.15) is 0 Å². The van der Waals surface area contributed by atoms with Crippen molar-refractivity contribution in [2.75, 3.05) is 6.61 Å². The van der Waals surface area contributed by atoms with Gasteiger partial charge in [0.2, 0.25) is 5.90 Å². The topological polar surface area (TPSA) is 21.6 Å². The van der Waals surface area contributed by atoms with Gasteiger partial charge >= 0.3 is 0 Å². The number of aliphatic imine (C=N–C) groups is 1. The Labute approximate surface area is 88.6 Å². The summed E-state index contributed by atoms with van der Waals surface area (Å²) in [5.41, 5.74) is 0.834. The van der Waals surface area contributed by atoms with Crippen LogP contribution in [-0.4, -0.2) is 18.0 Å². The molecule has 1 aliphatic rings. The second kappa shape index (κ2) is 3.28. The van der Waals surface area contributed by atoms with Crippen LogP contribution >= 0.6 is 11.6 Å². The average molecular weight is 210 g/mol. The summed E-state index contributed by atoms with van der Waals surface area (Å²) < 4.78 is 5.50. The molecular weight excluding hydrogens is 198 g/mol. The second-order valence-corrected chi connectivity index (χ2v) is 4.46. The maximum atomic E-state index is 5.88. The first-order valence-corrected chi connectivity index (χ1v) is 4.93. The lowest BCUT2D eigenvalue weighted by molar-refractivity contribution is 0.279. The van der Waals surface area contributed by atoms with E-state index in [1.165, 1.54) is 0 Å². The van der Waals surface area contributed by atoms with E-state index in [9.17, 15) is 0 Å². The van der Waals surface area contributed by atoms with Gasteiger partial charge < -0.3 is 4.74 Å². The Morgan fingerprint density at radius 3 is 2.79 bits per heavy atom. The van der Waals surface area contributed by atoms with Crippen molar-refractivity contribution in [3.05, 3.63) is 34.9 Å². The fourth-order valence-corrected chi connectivity index (χ4v) is 1.54. The number of rotatable bonds is 1. The molecule has 3 heteroatoms. The van der Waals surface area contributed by atoms with Crippen LogP contribution in [0.4, 0.5) is 0 Å². The highest BCUT2D eigenvalue weighted by Gasteiger charge is 2.26. The van der Waals surface area contributed by atoms with E-state index < -0.39 is 0 Å². The Bertz CT molecular complexity index is 385. The minimum absolute atomic E-state index is 0.113. The van der Waals surface area contributed by atoms with Crippen LogP contribution in [0.15, 0.2) is 29.3 Å². The number of hydrogen-bond donors (Lipinski definition) is 0. The molecule has 2 nitrogen and oxygen atoms in total. The van der Waals surface area contributed by atoms with Gasteiger partial charge in [0.05, 0.1) is 5.54 Å². The minimum atomic E-state index is -0.113. The van der Waals surface area contributed by atoms with Crippen LogP contribution in [0.5, 0.6) is 0 Å². The van der Waals surface area contributed by atoms with Gasteiger partial charge in [-0.25, -0.2) is 4.99 Å². The predicted octanol–water partition coefficient (Wildman–Crippen LogP) is 2.90. The van der Waals surface area contributed by atoms with Crippen LogP contribution in [0, 0.1) is 0 Å². The molecule has 0 radical (unpaired) electrons. The Morgan fingerprint density at radius 1 is 1.43 bits per heavy atom. The number of halogens is 1. The highest BCUT2D eigenvalue weighted by Crippen LogP contribution is 2.21. The predicted molar refractivity (Wildman–Crippen MR) is 58.0 cm³/mol. The lowest BCUT2D eigenvalue weighted by Gasteiger charge is -2.07. The largest absolute Gasteiger partial charge is 0.475 e. The first kappa shape index (κ1) is 9.53. The molecular formula is C11H12ClNO. The summed E-state index contributed by atoms with van der Waals surface area (Å²) >= 11 is 5.88. The molecule has 1 aromatic carbocycles. The fourth-order valence-electron chi connectivity index (χ4n) is 1.35. The zero-order chi connectivity index (χ0) is 10.2. The standard InChI is InChI=1S/C11H12ClNO/c1-11(2)7-14-10(13-11)8-4-3-5-9(12)6-8/h3-6H,7H2,1-2H3. The molecule has 0 aliphatic carbocycles. The van der Waals surface area contributed by atoms with E-state index in [4.69, 9.17) is 16.3 Å². The van der Waals surface area contributed by atoms with Gasteiger partial charge in [0.1, 0.15) is 6.61 Å². The van der Waals surface area contributed by atoms with Crippen LogP contribution in [0.2, 0.25) is 5.02 Å². The molecule has 0 saturated heterocycles. The van der Waals surface area contributed by atoms with Gasteiger partial charge in [0, 0.05) is 10.6 Å². The molecule has 1 heterocycles. The molecule has 0 aromatic heterocycles. The Hall–Kier alpha value is -1.02. The summed E-state index contributed by atoms with van der Waals surface area (Å²) in [5, 5.41) is 0.707. The van der Waals surface area contributed by atoms with Crippen LogP contribution in [-0.2, 0) is 4.74 Å². The molecule has 74 valence electrons. The van der Waals surface area contributed by atoms with Crippen LogP contribution in [0.1, 0.15) is 19.4 Å². The number of benzene rings is 1. The summed E-state index contributed by atoms with van der Waals surface area (Å²) in [6, 6.07) is 7.55. The van der Waals surface area contributed by atoms with Gasteiger partial charge in [-0.05, 0) is 32.0 Å². The van der Waals surface area contributed by atoms with Crippen molar-refractivity contribution in [1.82, 2.24) is 0 Å². The van der Waals surface area contributed by atoms with E-state index in [-0.39, 0.29) is 5.54 Å². The Balaban J connectivity index is 2.33. The van der Waals surface area contributed by atoms with Crippen molar-refractivity contribution in [3.8, 4) is 0 Å². The van der Waals surface area contributed by atoms with Gasteiger partial charge in [0.25, 0.3) is 0 Å². The molecule has 0 amide bonds. The van der Waals surface area contributed by atoms with Crippen molar-refractivity contribution in [1.29, 1.82) is 0 Å². The first-order chi connectivity index (χ1) is 6.57. The smallest absolute Gasteiger partial charge is 0.216 e. The van der Waals surface area contributed by atoms with E-state index in [0.717, 1.165) is 5.56 Å². The van der Waals surface area contributed by atoms with E-state index in [1.807, 2.05) is 38.1 Å². The highest BCUT2D eigenvalue weighted by atomic mass is 35.5. The quantitative estimate of drug-likeness (QED) is 0.697. The Kier molecular flexibility index (Phi) is 2.23. The van der Waals surface area contributed by atoms with E-state index in [2.05, 4.69) is 4.99 Å². The zero-order valence-electron chi connectivity index (χ0n) is 8.25. The van der Waals surface area contributed by atoms with Gasteiger partial charge in [-0.15, -0.1) is 0 Å². The first-order valence-electron chi connectivity index (χ1n) is 4.55. The van der Waals surface area contributed by atoms with Crippen molar-refractivity contribution in [2.45, 2.75) is 19.4 Å². The van der Waals surface area contributed by atoms with E-state index in [0.29, 0.717) is 17.5 Å². The molecule has 14 heavy (non-hydrogen) atoms. The fraction of sp³-hybridized carbons (Fsp3) is 0.364. The summed E-state index contributed by atoms with van der Waals surface area (Å²) in [7, 11) is 0. The average Bonchev–Trinajstić information content (AvgIpc) is 2.46. The molecule has 0 N–H and O–H groups in total. The monoisotopic (exact) mass is 209 g/mol. The molecule has 0 saturated carbocycles. The Morgan fingerprint density at radius 2 is 2.21 bits per heavy atom. The molecule has 1 aliphatic heterocycles. The maximum Gasteiger partial charge on any atom is 0.216 e.